The molecule has 0 radical (unpaired) electrons. The van der Waals surface area contributed by atoms with Crippen LogP contribution in [0, 0.1) is 0 Å². The highest BCUT2D eigenvalue weighted by atomic mass is 35.5. The van der Waals surface area contributed by atoms with Gasteiger partial charge in [-0.1, -0.05) is 32.8 Å². The van der Waals surface area contributed by atoms with Crippen molar-refractivity contribution in [3.05, 3.63) is 12.7 Å². The molecule has 0 aliphatic rings. The van der Waals surface area contributed by atoms with Crippen LogP contribution in [0.1, 0.15) is 52.4 Å². The Morgan fingerprint density at radius 1 is 1.20 bits per heavy atom. The summed E-state index contributed by atoms with van der Waals surface area (Å²) in [6, 6.07) is 0. The molecule has 0 aromatic heterocycles. The maximum atomic E-state index is 9.44. The third kappa shape index (κ3) is 12.0. The molecule has 3 unspecified atom stereocenters. The fourth-order valence-electron chi connectivity index (χ4n) is 2.32. The second-order valence-electron chi connectivity index (χ2n) is 6.06. The van der Waals surface area contributed by atoms with E-state index in [9.17, 15) is 5.11 Å². The average Bonchev–Trinajstić information content (AvgIpc) is 2.35. The van der Waals surface area contributed by atoms with Crippen molar-refractivity contribution in [1.82, 2.24) is 0 Å². The zero-order valence-corrected chi connectivity index (χ0v) is 15.0. The van der Waals surface area contributed by atoms with E-state index < -0.39 is 0 Å². The molecule has 3 atom stereocenters. The van der Waals surface area contributed by atoms with E-state index in [2.05, 4.69) is 20.6 Å². The van der Waals surface area contributed by atoms with Gasteiger partial charge in [-0.15, -0.1) is 11.6 Å². The van der Waals surface area contributed by atoms with E-state index in [1.807, 2.05) is 13.0 Å². The number of unbranched alkanes of at least 4 members (excludes halogenated alkanes) is 2. The fourth-order valence-corrected chi connectivity index (χ4v) is 2.57. The first-order valence-corrected chi connectivity index (χ1v) is 8.13. The van der Waals surface area contributed by atoms with Crippen molar-refractivity contribution in [2.45, 2.75) is 63.9 Å². The summed E-state index contributed by atoms with van der Waals surface area (Å²) in [5, 5.41) is 9.73. The van der Waals surface area contributed by atoms with Crippen LogP contribution in [0.5, 0.6) is 0 Å². The van der Waals surface area contributed by atoms with Gasteiger partial charge in [0, 0.05) is 18.2 Å². The van der Waals surface area contributed by atoms with Gasteiger partial charge in [0.1, 0.15) is 0 Å². The number of aliphatic hydroxyl groups excluding tert-OH is 1. The van der Waals surface area contributed by atoms with Crippen molar-refractivity contribution < 1.29 is 22.0 Å². The maximum absolute atomic E-state index is 9.44. The van der Waals surface area contributed by atoms with Gasteiger partial charge in [0.15, 0.2) is 0 Å². The van der Waals surface area contributed by atoms with Gasteiger partial charge in [-0.3, -0.25) is 0 Å². The molecule has 2 nitrogen and oxygen atoms in total. The van der Waals surface area contributed by atoms with Crippen LogP contribution >= 0.6 is 11.6 Å². The molecule has 0 aromatic carbocycles. The molecule has 0 rings (SSSR count). The number of halogens is 2. The van der Waals surface area contributed by atoms with E-state index in [0.717, 1.165) is 43.4 Å². The molecule has 0 aliphatic carbocycles. The largest absolute Gasteiger partial charge is 1.00 e. The number of quaternary nitrogens is 1. The molecule has 0 amide bonds. The summed E-state index contributed by atoms with van der Waals surface area (Å²) >= 11 is 6.40. The number of hydrogen-bond acceptors (Lipinski definition) is 1. The summed E-state index contributed by atoms with van der Waals surface area (Å²) < 4.78 is 0.936. The highest BCUT2D eigenvalue weighted by Crippen LogP contribution is 2.16. The van der Waals surface area contributed by atoms with Crippen molar-refractivity contribution in [2.75, 3.05) is 26.7 Å². The summed E-state index contributed by atoms with van der Waals surface area (Å²) in [6.07, 6.45) is 8.54. The predicted octanol–water partition coefficient (Wildman–Crippen LogP) is 0.972. The van der Waals surface area contributed by atoms with Gasteiger partial charge in [-0.2, -0.15) is 0 Å². The summed E-state index contributed by atoms with van der Waals surface area (Å²) in [5.74, 6) is 0. The number of rotatable bonds is 12. The molecule has 0 aliphatic heterocycles. The van der Waals surface area contributed by atoms with E-state index in [1.165, 1.54) is 19.3 Å². The van der Waals surface area contributed by atoms with Crippen molar-refractivity contribution in [3.63, 3.8) is 0 Å². The van der Waals surface area contributed by atoms with Crippen LogP contribution in [0.2, 0.25) is 0 Å². The van der Waals surface area contributed by atoms with Crippen LogP contribution in [0.25, 0.3) is 0 Å². The zero-order valence-electron chi connectivity index (χ0n) is 13.5. The lowest BCUT2D eigenvalue weighted by Gasteiger charge is -2.34. The highest BCUT2D eigenvalue weighted by molar-refractivity contribution is 6.20. The number of nitrogens with zero attached hydrogens (tertiary/aromatic N) is 1. The number of alkyl halides is 1. The first kappa shape index (κ1) is 22.5. The molecular weight excluding hydrogens is 293 g/mol. The van der Waals surface area contributed by atoms with Gasteiger partial charge in [0.25, 0.3) is 0 Å². The molecule has 1 N–H and O–H groups in total. The molecule has 122 valence electrons. The minimum absolute atomic E-state index is 0. The van der Waals surface area contributed by atoms with Crippen molar-refractivity contribution in [2.24, 2.45) is 0 Å². The monoisotopic (exact) mass is 325 g/mol. The summed E-state index contributed by atoms with van der Waals surface area (Å²) in [4.78, 5) is 0. The summed E-state index contributed by atoms with van der Waals surface area (Å²) in [5.41, 5.74) is 0. The van der Waals surface area contributed by atoms with Gasteiger partial charge in [0.2, 0.25) is 0 Å². The van der Waals surface area contributed by atoms with E-state index in [0.29, 0.717) is 5.38 Å². The Balaban J connectivity index is 0. The quantitative estimate of drug-likeness (QED) is 0.245. The number of hydrogen-bond donors (Lipinski definition) is 1. The molecule has 0 saturated heterocycles. The van der Waals surface area contributed by atoms with Crippen LogP contribution < -0.4 is 12.4 Å². The van der Waals surface area contributed by atoms with Gasteiger partial charge < -0.3 is 22.0 Å². The Morgan fingerprint density at radius 3 is 2.30 bits per heavy atom. The highest BCUT2D eigenvalue weighted by Gasteiger charge is 2.21. The van der Waals surface area contributed by atoms with E-state index in [4.69, 9.17) is 11.6 Å². The van der Waals surface area contributed by atoms with Crippen molar-refractivity contribution in [3.8, 4) is 0 Å². The Labute approximate surface area is 137 Å². The topological polar surface area (TPSA) is 20.2 Å². The van der Waals surface area contributed by atoms with E-state index in [1.54, 1.807) is 0 Å². The molecule has 0 fully saturated rings. The van der Waals surface area contributed by atoms with Gasteiger partial charge >= 0.3 is 0 Å². The average molecular weight is 326 g/mol. The van der Waals surface area contributed by atoms with Gasteiger partial charge in [0.05, 0.1) is 32.8 Å². The summed E-state index contributed by atoms with van der Waals surface area (Å²) in [7, 11) is 2.24. The van der Waals surface area contributed by atoms with Crippen molar-refractivity contribution in [1.29, 1.82) is 0 Å². The number of aliphatic hydroxyl groups is 1. The first-order chi connectivity index (χ1) is 8.93. The maximum Gasteiger partial charge on any atom is 0.0969 e. The Bertz CT molecular complexity index is 237. The lowest BCUT2D eigenvalue weighted by molar-refractivity contribution is -0.904. The Kier molecular flexibility index (Phi) is 14.6. The SMILES string of the molecule is C=CC[N+](C)(CCC(C)O)CCC(Cl)CCCCC.[Cl-]. The minimum atomic E-state index is -0.224. The molecule has 20 heavy (non-hydrogen) atoms. The second kappa shape index (κ2) is 12.9. The van der Waals surface area contributed by atoms with Gasteiger partial charge in [-0.25, -0.2) is 0 Å². The number of likely N-dealkylation sites (N-methyl/N-ethyl adjacent to an activating group) is 1. The van der Waals surface area contributed by atoms with Crippen LogP contribution in [0.4, 0.5) is 0 Å². The molecule has 4 heteroatoms. The third-order valence-corrected chi connectivity index (χ3v) is 4.20. The summed E-state index contributed by atoms with van der Waals surface area (Å²) in [6.45, 7) is 10.9. The first-order valence-electron chi connectivity index (χ1n) is 7.70. The van der Waals surface area contributed by atoms with Crippen LogP contribution in [0.3, 0.4) is 0 Å². The third-order valence-electron chi connectivity index (χ3n) is 3.76. The molecule has 0 aromatic rings. The van der Waals surface area contributed by atoms with Crippen LogP contribution in [-0.4, -0.2) is 47.8 Å². The van der Waals surface area contributed by atoms with Crippen LogP contribution in [0.15, 0.2) is 12.7 Å². The lowest BCUT2D eigenvalue weighted by Crippen LogP contribution is -3.00. The second-order valence-corrected chi connectivity index (χ2v) is 6.67. The van der Waals surface area contributed by atoms with Crippen LogP contribution in [-0.2, 0) is 0 Å². The Hall–Kier alpha value is 0.240. The molecule has 0 spiro atoms. The fraction of sp³-hybridized carbons (Fsp3) is 0.875. The predicted molar refractivity (Wildman–Crippen MR) is 85.7 cm³/mol. The Morgan fingerprint density at radius 2 is 1.80 bits per heavy atom. The zero-order chi connectivity index (χ0) is 14.7. The normalized spacial score (nSPS) is 16.9. The standard InChI is InChI=1S/C16H33ClNO.ClH/c1-5-7-8-9-16(17)11-14-18(4,12-6-2)13-10-15(3)19;/h6,15-16,19H,2,5,7-14H2,1,3-4H3;1H/q+1;/p-1. The molecule has 0 heterocycles. The van der Waals surface area contributed by atoms with E-state index in [-0.39, 0.29) is 18.5 Å². The van der Waals surface area contributed by atoms with Crippen molar-refractivity contribution >= 4 is 11.6 Å². The lowest BCUT2D eigenvalue weighted by atomic mass is 10.1. The molecule has 0 bridgehead atoms. The minimum Gasteiger partial charge on any atom is -1.00 e. The molecule has 0 saturated carbocycles. The van der Waals surface area contributed by atoms with Gasteiger partial charge in [-0.05, 0) is 19.4 Å². The smallest absolute Gasteiger partial charge is 0.0969 e. The molecular formula is C16H33Cl2NO. The van der Waals surface area contributed by atoms with E-state index >= 15 is 0 Å².